The Balaban J connectivity index is 1.65. The lowest BCUT2D eigenvalue weighted by atomic mass is 9.86. The van der Waals surface area contributed by atoms with Gasteiger partial charge < -0.3 is 14.6 Å². The maximum absolute atomic E-state index is 12.6. The molecule has 1 saturated carbocycles. The monoisotopic (exact) mass is 369 g/mol. The van der Waals surface area contributed by atoms with E-state index < -0.39 is 16.0 Å². The van der Waals surface area contributed by atoms with Crippen molar-refractivity contribution >= 4 is 16.0 Å². The first-order chi connectivity index (χ1) is 12.0. The third-order valence-corrected chi connectivity index (χ3v) is 6.30. The molecule has 0 aromatic heterocycles. The van der Waals surface area contributed by atoms with E-state index in [1.165, 1.54) is 43.5 Å². The van der Waals surface area contributed by atoms with Crippen molar-refractivity contribution in [2.24, 2.45) is 5.92 Å². The number of hydrogen-bond donors (Lipinski definition) is 2. The Morgan fingerprint density at radius 2 is 1.96 bits per heavy atom. The van der Waals surface area contributed by atoms with Crippen molar-refractivity contribution in [1.82, 2.24) is 4.72 Å². The van der Waals surface area contributed by atoms with Gasteiger partial charge in [0.15, 0.2) is 0 Å². The van der Waals surface area contributed by atoms with Gasteiger partial charge in [0.25, 0.3) is 0 Å². The average molecular weight is 369 g/mol. The first-order valence-electron chi connectivity index (χ1n) is 8.51. The van der Waals surface area contributed by atoms with Crippen LogP contribution in [-0.4, -0.2) is 51.5 Å². The van der Waals surface area contributed by atoms with Crippen LogP contribution in [0.15, 0.2) is 29.2 Å². The van der Waals surface area contributed by atoms with Gasteiger partial charge in [0, 0.05) is 13.2 Å². The molecular formula is C17H23NO6S. The van der Waals surface area contributed by atoms with Crippen LogP contribution in [0.25, 0.3) is 0 Å². The number of ether oxygens (including phenoxy) is 2. The Kier molecular flexibility index (Phi) is 5.73. The van der Waals surface area contributed by atoms with Gasteiger partial charge >= 0.3 is 5.97 Å². The van der Waals surface area contributed by atoms with Crippen molar-refractivity contribution < 1.29 is 27.8 Å². The molecule has 0 unspecified atom stereocenters. The number of carbonyl (C=O) groups is 1. The highest BCUT2D eigenvalue weighted by molar-refractivity contribution is 7.89. The summed E-state index contributed by atoms with van der Waals surface area (Å²) in [5, 5.41) is 8.91. The Labute approximate surface area is 147 Å². The third-order valence-electron chi connectivity index (χ3n) is 4.79. The summed E-state index contributed by atoms with van der Waals surface area (Å²) < 4.78 is 39.2. The van der Waals surface area contributed by atoms with E-state index in [2.05, 4.69) is 4.72 Å². The van der Waals surface area contributed by atoms with Gasteiger partial charge in [-0.3, -0.25) is 0 Å². The zero-order valence-electron chi connectivity index (χ0n) is 13.9. The summed E-state index contributed by atoms with van der Waals surface area (Å²) in [5.41, 5.74) is 0.0479. The van der Waals surface area contributed by atoms with Gasteiger partial charge in [-0.1, -0.05) is 6.42 Å². The van der Waals surface area contributed by atoms with Crippen molar-refractivity contribution in [1.29, 1.82) is 0 Å². The molecule has 1 aromatic carbocycles. The van der Waals surface area contributed by atoms with Crippen LogP contribution in [0.1, 0.15) is 36.0 Å². The van der Waals surface area contributed by atoms with E-state index in [0.29, 0.717) is 32.2 Å². The van der Waals surface area contributed by atoms with E-state index in [4.69, 9.17) is 14.6 Å². The SMILES string of the molecule is O=C(O)c1ccc(S(=O)(=O)N[C@@H]2CCOC[C@H]2OCC2CCC2)cc1. The van der Waals surface area contributed by atoms with Gasteiger partial charge in [0.1, 0.15) is 0 Å². The van der Waals surface area contributed by atoms with Gasteiger partial charge in [-0.05, 0) is 49.4 Å². The van der Waals surface area contributed by atoms with E-state index in [0.717, 1.165) is 0 Å². The largest absolute Gasteiger partial charge is 0.478 e. The number of carboxylic acid groups (broad SMARTS) is 1. The zero-order chi connectivity index (χ0) is 17.9. The summed E-state index contributed by atoms with van der Waals surface area (Å²) in [6.07, 6.45) is 3.81. The summed E-state index contributed by atoms with van der Waals surface area (Å²) >= 11 is 0. The Morgan fingerprint density at radius 3 is 2.56 bits per heavy atom. The van der Waals surface area contributed by atoms with E-state index >= 15 is 0 Å². The molecule has 1 aromatic rings. The molecule has 1 aliphatic heterocycles. The molecule has 1 heterocycles. The topological polar surface area (TPSA) is 102 Å². The molecule has 25 heavy (non-hydrogen) atoms. The highest BCUT2D eigenvalue weighted by atomic mass is 32.2. The van der Waals surface area contributed by atoms with Crippen molar-refractivity contribution in [3.8, 4) is 0 Å². The Hall–Kier alpha value is -1.48. The van der Waals surface area contributed by atoms with Gasteiger partial charge in [0.2, 0.25) is 10.0 Å². The number of benzene rings is 1. The van der Waals surface area contributed by atoms with Crippen LogP contribution >= 0.6 is 0 Å². The maximum Gasteiger partial charge on any atom is 0.335 e. The van der Waals surface area contributed by atoms with Crippen molar-refractivity contribution in [2.45, 2.75) is 42.7 Å². The van der Waals surface area contributed by atoms with Crippen LogP contribution in [0.2, 0.25) is 0 Å². The van der Waals surface area contributed by atoms with Crippen molar-refractivity contribution in [3.05, 3.63) is 29.8 Å². The second kappa shape index (κ2) is 7.82. The molecule has 138 valence electrons. The summed E-state index contributed by atoms with van der Waals surface area (Å²) in [6.45, 7) is 1.49. The Morgan fingerprint density at radius 1 is 1.24 bits per heavy atom. The lowest BCUT2D eigenvalue weighted by Gasteiger charge is -2.34. The smallest absolute Gasteiger partial charge is 0.335 e. The number of aromatic carboxylic acids is 1. The lowest BCUT2D eigenvalue weighted by molar-refractivity contribution is -0.0797. The third kappa shape index (κ3) is 4.58. The molecule has 8 heteroatoms. The van der Waals surface area contributed by atoms with Crippen molar-refractivity contribution in [3.63, 3.8) is 0 Å². The summed E-state index contributed by atoms with van der Waals surface area (Å²) in [5.74, 6) is -0.520. The number of carboxylic acids is 1. The molecule has 1 aliphatic carbocycles. The second-order valence-corrected chi connectivity index (χ2v) is 8.30. The van der Waals surface area contributed by atoms with E-state index in [1.807, 2.05) is 0 Å². The minimum Gasteiger partial charge on any atom is -0.478 e. The summed E-state index contributed by atoms with van der Waals surface area (Å²) in [4.78, 5) is 10.9. The molecule has 0 amide bonds. The molecular weight excluding hydrogens is 346 g/mol. The highest BCUT2D eigenvalue weighted by Crippen LogP contribution is 2.27. The highest BCUT2D eigenvalue weighted by Gasteiger charge is 2.32. The van der Waals surface area contributed by atoms with Crippen LogP contribution in [0, 0.1) is 5.92 Å². The van der Waals surface area contributed by atoms with E-state index in [9.17, 15) is 13.2 Å². The standard InChI is InChI=1S/C17H23NO6S/c19-17(20)13-4-6-14(7-5-13)25(21,22)18-15-8-9-23-11-16(15)24-10-12-2-1-3-12/h4-7,12,15-16,18H,1-3,8-11H2,(H,19,20)/t15-,16-/m1/s1. The molecule has 7 nitrogen and oxygen atoms in total. The molecule has 0 radical (unpaired) electrons. The first kappa shape index (κ1) is 18.3. The summed E-state index contributed by atoms with van der Waals surface area (Å²) in [6, 6.07) is 4.82. The lowest BCUT2D eigenvalue weighted by Crippen LogP contribution is -2.50. The van der Waals surface area contributed by atoms with Gasteiger partial charge in [-0.15, -0.1) is 0 Å². The number of rotatable bonds is 7. The normalized spacial score (nSPS) is 24.6. The van der Waals surface area contributed by atoms with Crippen LogP contribution < -0.4 is 4.72 Å². The number of sulfonamides is 1. The predicted octanol–water partition coefficient (Wildman–Crippen LogP) is 1.64. The minimum absolute atomic E-state index is 0.0433. The molecule has 3 rings (SSSR count). The molecule has 0 spiro atoms. The quantitative estimate of drug-likeness (QED) is 0.757. The molecule has 2 N–H and O–H groups in total. The van der Waals surface area contributed by atoms with Crippen LogP contribution in [0.3, 0.4) is 0 Å². The first-order valence-corrected chi connectivity index (χ1v) is 9.99. The number of hydrogen-bond acceptors (Lipinski definition) is 5. The van der Waals surface area contributed by atoms with Gasteiger partial charge in [0.05, 0.1) is 29.2 Å². The van der Waals surface area contributed by atoms with E-state index in [1.54, 1.807) is 0 Å². The minimum atomic E-state index is -3.74. The van der Waals surface area contributed by atoms with Gasteiger partial charge in [-0.25, -0.2) is 17.9 Å². The van der Waals surface area contributed by atoms with Crippen LogP contribution in [0.4, 0.5) is 0 Å². The fraction of sp³-hybridized carbons (Fsp3) is 0.588. The predicted molar refractivity (Wildman–Crippen MR) is 90.0 cm³/mol. The number of nitrogens with one attached hydrogen (secondary N) is 1. The fourth-order valence-electron chi connectivity index (χ4n) is 2.97. The fourth-order valence-corrected chi connectivity index (χ4v) is 4.27. The molecule has 0 bridgehead atoms. The van der Waals surface area contributed by atoms with Crippen molar-refractivity contribution in [2.75, 3.05) is 19.8 Å². The molecule has 2 atom stereocenters. The maximum atomic E-state index is 12.6. The molecule has 1 saturated heterocycles. The average Bonchev–Trinajstić information content (AvgIpc) is 2.55. The second-order valence-electron chi connectivity index (χ2n) is 6.59. The molecule has 2 fully saturated rings. The van der Waals surface area contributed by atoms with Gasteiger partial charge in [-0.2, -0.15) is 0 Å². The van der Waals surface area contributed by atoms with Crippen LogP contribution in [-0.2, 0) is 19.5 Å². The molecule has 2 aliphatic rings. The Bertz CT molecular complexity index is 698. The van der Waals surface area contributed by atoms with E-state index in [-0.39, 0.29) is 22.6 Å². The van der Waals surface area contributed by atoms with Crippen LogP contribution in [0.5, 0.6) is 0 Å². The summed E-state index contributed by atoms with van der Waals surface area (Å²) in [7, 11) is -3.74. The zero-order valence-corrected chi connectivity index (χ0v) is 14.7.